The first-order valence-electron chi connectivity index (χ1n) is 7.74. The number of benzene rings is 1. The maximum Gasteiger partial charge on any atom is 0.429 e. The van der Waals surface area contributed by atoms with Crippen molar-refractivity contribution in [2.45, 2.75) is 32.8 Å². The van der Waals surface area contributed by atoms with Crippen LogP contribution in [0, 0.1) is 0 Å². The number of carbonyl (C=O) groups is 2. The summed E-state index contributed by atoms with van der Waals surface area (Å²) in [6.07, 6.45) is 2.10. The molecule has 0 radical (unpaired) electrons. The lowest BCUT2D eigenvalue weighted by atomic mass is 10.1. The van der Waals surface area contributed by atoms with Gasteiger partial charge >= 0.3 is 6.09 Å². The summed E-state index contributed by atoms with van der Waals surface area (Å²) < 4.78 is 5.38. The van der Waals surface area contributed by atoms with E-state index >= 15 is 0 Å². The lowest BCUT2D eigenvalue weighted by molar-refractivity contribution is -0.0193. The van der Waals surface area contributed by atoms with Crippen LogP contribution in [0.2, 0.25) is 0 Å². The third-order valence-electron chi connectivity index (χ3n) is 3.67. The Kier molecular flexibility index (Phi) is 3.75. The van der Waals surface area contributed by atoms with E-state index in [-0.39, 0.29) is 5.91 Å². The van der Waals surface area contributed by atoms with Crippen molar-refractivity contribution in [3.05, 3.63) is 36.0 Å². The largest absolute Gasteiger partial charge is 0.442 e. The van der Waals surface area contributed by atoms with Crippen LogP contribution >= 0.6 is 0 Å². The maximum atomic E-state index is 12.8. The molecule has 1 aliphatic heterocycles. The number of rotatable bonds is 1. The first kappa shape index (κ1) is 15.4. The van der Waals surface area contributed by atoms with Gasteiger partial charge < -0.3 is 9.72 Å². The second-order valence-corrected chi connectivity index (χ2v) is 6.67. The van der Waals surface area contributed by atoms with E-state index in [1.54, 1.807) is 6.07 Å². The molecule has 1 aromatic carbocycles. The van der Waals surface area contributed by atoms with E-state index in [2.05, 4.69) is 4.98 Å². The van der Waals surface area contributed by atoms with E-state index in [0.29, 0.717) is 18.7 Å². The normalized spacial score (nSPS) is 15.3. The van der Waals surface area contributed by atoms with Crippen LogP contribution in [0.25, 0.3) is 10.9 Å². The molecule has 0 saturated carbocycles. The number of hydrogen-bond donors (Lipinski definition) is 1. The fourth-order valence-electron chi connectivity index (χ4n) is 2.66. The third-order valence-corrected chi connectivity index (χ3v) is 3.67. The number of hydrogen-bond acceptors (Lipinski definition) is 3. The molecule has 0 unspecified atom stereocenters. The molecule has 0 spiro atoms. The molecule has 1 N–H and O–H groups in total. The van der Waals surface area contributed by atoms with Gasteiger partial charge in [0.2, 0.25) is 0 Å². The van der Waals surface area contributed by atoms with E-state index in [9.17, 15) is 9.59 Å². The molecule has 0 atom stereocenters. The molecule has 2 aromatic rings. The van der Waals surface area contributed by atoms with Crippen molar-refractivity contribution in [2.75, 3.05) is 13.1 Å². The summed E-state index contributed by atoms with van der Waals surface area (Å²) in [7, 11) is 0. The number of nitrogens with one attached hydrogen (secondary N) is 1. The second-order valence-electron chi connectivity index (χ2n) is 6.67. The predicted octanol–water partition coefficient (Wildman–Crippen LogP) is 3.17. The summed E-state index contributed by atoms with van der Waals surface area (Å²) in [5.41, 5.74) is 0.867. The molecule has 0 aliphatic carbocycles. The highest BCUT2D eigenvalue weighted by Gasteiger charge is 2.34. The standard InChI is InChI=1S/C17H21N3O3/c1-17(2,3)23-16(22)20-10-4-9-19(20)15(21)13-6-5-12-7-8-18-14(12)11-13/h5-8,11,18H,4,9-10H2,1-3H3. The van der Waals surface area contributed by atoms with Gasteiger partial charge in [-0.1, -0.05) is 6.07 Å². The summed E-state index contributed by atoms with van der Waals surface area (Å²) in [6, 6.07) is 7.44. The Morgan fingerprint density at radius 2 is 1.87 bits per heavy atom. The monoisotopic (exact) mass is 315 g/mol. The highest BCUT2D eigenvalue weighted by atomic mass is 16.6. The highest BCUT2D eigenvalue weighted by Crippen LogP contribution is 2.21. The summed E-state index contributed by atoms with van der Waals surface area (Å²) in [6.45, 7) is 6.44. The smallest absolute Gasteiger partial charge is 0.429 e. The fourth-order valence-corrected chi connectivity index (χ4v) is 2.66. The molecule has 1 saturated heterocycles. The van der Waals surface area contributed by atoms with Crippen LogP contribution in [0.5, 0.6) is 0 Å². The Hall–Kier alpha value is -2.50. The molecule has 23 heavy (non-hydrogen) atoms. The molecule has 6 nitrogen and oxygen atoms in total. The van der Waals surface area contributed by atoms with Crippen molar-refractivity contribution >= 4 is 22.9 Å². The molecular weight excluding hydrogens is 294 g/mol. The Labute approximate surface area is 135 Å². The molecule has 0 bridgehead atoms. The van der Waals surface area contributed by atoms with Gasteiger partial charge in [0.25, 0.3) is 5.91 Å². The number of aromatic amines is 1. The number of fused-ring (bicyclic) bond motifs is 1. The predicted molar refractivity (Wildman–Crippen MR) is 86.9 cm³/mol. The lowest BCUT2D eigenvalue weighted by Gasteiger charge is -2.30. The van der Waals surface area contributed by atoms with Gasteiger partial charge in [-0.15, -0.1) is 0 Å². The Morgan fingerprint density at radius 3 is 2.61 bits per heavy atom. The minimum absolute atomic E-state index is 0.190. The first-order chi connectivity index (χ1) is 10.8. The van der Waals surface area contributed by atoms with Crippen molar-refractivity contribution in [2.24, 2.45) is 0 Å². The Balaban J connectivity index is 1.81. The zero-order valence-electron chi connectivity index (χ0n) is 13.6. The number of aromatic nitrogens is 1. The highest BCUT2D eigenvalue weighted by molar-refractivity contribution is 5.98. The van der Waals surface area contributed by atoms with Gasteiger partial charge in [-0.2, -0.15) is 0 Å². The Morgan fingerprint density at radius 1 is 1.13 bits per heavy atom. The van der Waals surface area contributed by atoms with Crippen LogP contribution in [-0.2, 0) is 4.74 Å². The molecular formula is C17H21N3O3. The molecule has 3 rings (SSSR count). The van der Waals surface area contributed by atoms with Crippen molar-refractivity contribution in [3.63, 3.8) is 0 Å². The van der Waals surface area contributed by atoms with Crippen LogP contribution in [0.4, 0.5) is 4.79 Å². The average molecular weight is 315 g/mol. The van der Waals surface area contributed by atoms with Gasteiger partial charge in [0.05, 0.1) is 0 Å². The maximum absolute atomic E-state index is 12.8. The van der Waals surface area contributed by atoms with Crippen LogP contribution < -0.4 is 0 Å². The molecule has 122 valence electrons. The van der Waals surface area contributed by atoms with Crippen molar-refractivity contribution < 1.29 is 14.3 Å². The molecule has 6 heteroatoms. The topological polar surface area (TPSA) is 65.6 Å². The van der Waals surface area contributed by atoms with Gasteiger partial charge in [-0.25, -0.2) is 14.8 Å². The van der Waals surface area contributed by atoms with Crippen molar-refractivity contribution in [1.82, 2.24) is 15.0 Å². The molecule has 1 aromatic heterocycles. The molecule has 2 amide bonds. The number of H-pyrrole nitrogens is 1. The average Bonchev–Trinajstić information content (AvgIpc) is 3.12. The molecule has 1 aliphatic rings. The summed E-state index contributed by atoms with van der Waals surface area (Å²) in [5, 5.41) is 3.91. The molecule has 1 fully saturated rings. The number of amides is 2. The number of ether oxygens (including phenoxy) is 1. The SMILES string of the molecule is CC(C)(C)OC(=O)N1CCCN1C(=O)c1ccc2cc[nH]c2c1. The minimum Gasteiger partial charge on any atom is -0.442 e. The van der Waals surface area contributed by atoms with Gasteiger partial charge in [-0.05, 0) is 50.8 Å². The van der Waals surface area contributed by atoms with Crippen LogP contribution in [0.1, 0.15) is 37.6 Å². The van der Waals surface area contributed by atoms with E-state index in [1.165, 1.54) is 10.0 Å². The summed E-state index contributed by atoms with van der Waals surface area (Å²) in [5.74, 6) is -0.190. The lowest BCUT2D eigenvalue weighted by Crippen LogP contribution is -2.46. The second kappa shape index (κ2) is 5.61. The van der Waals surface area contributed by atoms with Crippen LogP contribution in [-0.4, -0.2) is 45.7 Å². The summed E-state index contributed by atoms with van der Waals surface area (Å²) in [4.78, 5) is 28.1. The zero-order valence-corrected chi connectivity index (χ0v) is 13.6. The van der Waals surface area contributed by atoms with Crippen LogP contribution in [0.3, 0.4) is 0 Å². The van der Waals surface area contributed by atoms with E-state index in [1.807, 2.05) is 45.2 Å². The van der Waals surface area contributed by atoms with E-state index in [4.69, 9.17) is 4.74 Å². The van der Waals surface area contributed by atoms with Crippen LogP contribution in [0.15, 0.2) is 30.5 Å². The van der Waals surface area contributed by atoms with Crippen molar-refractivity contribution in [3.8, 4) is 0 Å². The zero-order chi connectivity index (χ0) is 16.6. The fraction of sp³-hybridized carbons (Fsp3) is 0.412. The van der Waals surface area contributed by atoms with Gasteiger partial charge in [-0.3, -0.25) is 4.79 Å². The summed E-state index contributed by atoms with van der Waals surface area (Å²) >= 11 is 0. The van der Waals surface area contributed by atoms with Crippen molar-refractivity contribution in [1.29, 1.82) is 0 Å². The molecule has 2 heterocycles. The van der Waals surface area contributed by atoms with Gasteiger partial charge in [0.1, 0.15) is 5.60 Å². The minimum atomic E-state index is -0.586. The number of nitrogens with zero attached hydrogens (tertiary/aromatic N) is 2. The third kappa shape index (κ3) is 3.16. The first-order valence-corrected chi connectivity index (χ1v) is 7.74. The number of hydrazine groups is 1. The quantitative estimate of drug-likeness (QED) is 0.879. The Bertz CT molecular complexity index is 745. The van der Waals surface area contributed by atoms with E-state index in [0.717, 1.165) is 17.3 Å². The number of carbonyl (C=O) groups excluding carboxylic acids is 2. The van der Waals surface area contributed by atoms with Gasteiger partial charge in [0.15, 0.2) is 0 Å². The van der Waals surface area contributed by atoms with E-state index < -0.39 is 11.7 Å². The van der Waals surface area contributed by atoms with Gasteiger partial charge in [0, 0.05) is 30.4 Å².